The fourth-order valence-corrected chi connectivity index (χ4v) is 4.47. The molecule has 5 nitrogen and oxygen atoms in total. The minimum atomic E-state index is -0.432. The molecule has 2 aliphatic heterocycles. The summed E-state index contributed by atoms with van der Waals surface area (Å²) in [4.78, 5) is 15.4. The van der Waals surface area contributed by atoms with Gasteiger partial charge in [0.05, 0.1) is 19.3 Å². The quantitative estimate of drug-likeness (QED) is 0.741. The summed E-state index contributed by atoms with van der Waals surface area (Å²) in [5.41, 5.74) is 3.27. The number of nitrogens with zero attached hydrogens (tertiary/aromatic N) is 1. The smallest absolute Gasteiger partial charge is 0.252 e. The summed E-state index contributed by atoms with van der Waals surface area (Å²) in [6, 6.07) is 14.7. The molecular formula is C24H29FN2O3. The minimum absolute atomic E-state index is 0.0224. The Balaban J connectivity index is 1.51. The zero-order chi connectivity index (χ0) is 20.9. The van der Waals surface area contributed by atoms with Crippen molar-refractivity contribution in [1.29, 1.82) is 0 Å². The number of fused-ring (bicyclic) bond motifs is 1. The molecule has 0 unspecified atom stereocenters. The fourth-order valence-electron chi connectivity index (χ4n) is 4.47. The highest BCUT2D eigenvalue weighted by molar-refractivity contribution is 5.82. The van der Waals surface area contributed by atoms with E-state index in [1.807, 2.05) is 17.0 Å². The summed E-state index contributed by atoms with van der Waals surface area (Å²) < 4.78 is 24.6. The average molecular weight is 413 g/mol. The Morgan fingerprint density at radius 3 is 2.73 bits per heavy atom. The number of benzene rings is 2. The van der Waals surface area contributed by atoms with Gasteiger partial charge in [0.25, 0.3) is 5.91 Å². The van der Waals surface area contributed by atoms with Crippen molar-refractivity contribution in [2.24, 2.45) is 0 Å². The number of methoxy groups -OCH3 is 1. The lowest BCUT2D eigenvalue weighted by atomic mass is 9.87. The van der Waals surface area contributed by atoms with Crippen molar-refractivity contribution in [3.8, 4) is 0 Å². The van der Waals surface area contributed by atoms with Gasteiger partial charge in [-0.25, -0.2) is 4.39 Å². The number of amides is 1. The van der Waals surface area contributed by atoms with Crippen LogP contribution in [0.2, 0.25) is 0 Å². The van der Waals surface area contributed by atoms with Crippen LogP contribution >= 0.6 is 0 Å². The van der Waals surface area contributed by atoms with E-state index in [1.165, 1.54) is 17.7 Å². The van der Waals surface area contributed by atoms with Crippen LogP contribution in [-0.2, 0) is 20.7 Å². The zero-order valence-electron chi connectivity index (χ0n) is 17.4. The van der Waals surface area contributed by atoms with Gasteiger partial charge in [0.2, 0.25) is 0 Å². The topological polar surface area (TPSA) is 50.8 Å². The molecule has 1 fully saturated rings. The number of nitrogens with one attached hydrogen (secondary N) is 1. The first-order chi connectivity index (χ1) is 14.7. The van der Waals surface area contributed by atoms with Crippen LogP contribution < -0.4 is 5.32 Å². The van der Waals surface area contributed by atoms with Crippen LogP contribution in [0.3, 0.4) is 0 Å². The van der Waals surface area contributed by atoms with Gasteiger partial charge in [-0.3, -0.25) is 4.79 Å². The molecule has 1 N–H and O–H groups in total. The van der Waals surface area contributed by atoms with Crippen LogP contribution in [0.1, 0.15) is 35.6 Å². The molecule has 0 bridgehead atoms. The van der Waals surface area contributed by atoms with E-state index in [2.05, 4.69) is 17.4 Å². The summed E-state index contributed by atoms with van der Waals surface area (Å²) in [5, 5.41) is 3.40. The lowest BCUT2D eigenvalue weighted by Gasteiger charge is -2.40. The van der Waals surface area contributed by atoms with E-state index in [9.17, 15) is 9.18 Å². The molecule has 0 saturated carbocycles. The van der Waals surface area contributed by atoms with Gasteiger partial charge in [0.1, 0.15) is 11.9 Å². The summed E-state index contributed by atoms with van der Waals surface area (Å²) in [5.74, 6) is -0.252. The Morgan fingerprint density at radius 2 is 2.00 bits per heavy atom. The van der Waals surface area contributed by atoms with Gasteiger partial charge in [-0.2, -0.15) is 0 Å². The van der Waals surface area contributed by atoms with Crippen molar-refractivity contribution in [3.05, 3.63) is 71.0 Å². The van der Waals surface area contributed by atoms with Crippen molar-refractivity contribution in [1.82, 2.24) is 10.2 Å². The van der Waals surface area contributed by atoms with Crippen LogP contribution in [0.4, 0.5) is 4.39 Å². The largest absolute Gasteiger partial charge is 0.383 e. The third-order valence-corrected chi connectivity index (χ3v) is 6.04. The van der Waals surface area contributed by atoms with Crippen LogP contribution in [0, 0.1) is 5.82 Å². The molecule has 4 rings (SSSR count). The highest BCUT2D eigenvalue weighted by Gasteiger charge is 2.37. The number of halogens is 1. The van der Waals surface area contributed by atoms with Gasteiger partial charge >= 0.3 is 0 Å². The maximum atomic E-state index is 13.5. The van der Waals surface area contributed by atoms with Crippen LogP contribution in [0.25, 0.3) is 0 Å². The molecule has 0 aromatic heterocycles. The number of carbonyl (C=O) groups is 1. The maximum Gasteiger partial charge on any atom is 0.252 e. The Hall–Kier alpha value is -2.28. The molecule has 30 heavy (non-hydrogen) atoms. The first-order valence-electron chi connectivity index (χ1n) is 10.6. The average Bonchev–Trinajstić information content (AvgIpc) is 2.79. The van der Waals surface area contributed by atoms with Gasteiger partial charge in [-0.05, 0) is 48.1 Å². The van der Waals surface area contributed by atoms with E-state index < -0.39 is 6.10 Å². The van der Waals surface area contributed by atoms with Gasteiger partial charge in [0.15, 0.2) is 0 Å². The first-order valence-corrected chi connectivity index (χ1v) is 10.6. The molecule has 3 atom stereocenters. The van der Waals surface area contributed by atoms with Gasteiger partial charge in [0, 0.05) is 26.2 Å². The summed E-state index contributed by atoms with van der Waals surface area (Å²) in [6.45, 7) is 2.59. The number of ether oxygens (including phenoxy) is 2. The normalized spacial score (nSPS) is 23.8. The van der Waals surface area contributed by atoms with E-state index in [0.717, 1.165) is 30.5 Å². The van der Waals surface area contributed by atoms with Gasteiger partial charge in [-0.1, -0.05) is 36.4 Å². The monoisotopic (exact) mass is 412 g/mol. The van der Waals surface area contributed by atoms with Crippen LogP contribution in [0.15, 0.2) is 48.5 Å². The van der Waals surface area contributed by atoms with Crippen molar-refractivity contribution >= 4 is 5.91 Å². The summed E-state index contributed by atoms with van der Waals surface area (Å²) in [7, 11) is 1.68. The molecule has 1 saturated heterocycles. The van der Waals surface area contributed by atoms with E-state index in [4.69, 9.17) is 9.47 Å². The van der Waals surface area contributed by atoms with Gasteiger partial charge in [-0.15, -0.1) is 0 Å². The van der Waals surface area contributed by atoms with Crippen LogP contribution in [-0.4, -0.2) is 56.4 Å². The van der Waals surface area contributed by atoms with Gasteiger partial charge < -0.3 is 19.7 Å². The number of hydrogen-bond acceptors (Lipinski definition) is 4. The van der Waals surface area contributed by atoms with E-state index >= 15 is 0 Å². The molecule has 0 radical (unpaired) electrons. The molecule has 2 aliphatic rings. The third kappa shape index (κ3) is 4.56. The van der Waals surface area contributed by atoms with Crippen molar-refractivity contribution in [2.45, 2.75) is 37.5 Å². The zero-order valence-corrected chi connectivity index (χ0v) is 17.4. The lowest BCUT2D eigenvalue weighted by Crippen LogP contribution is -2.50. The fraction of sp³-hybridized carbons (Fsp3) is 0.458. The Morgan fingerprint density at radius 1 is 1.20 bits per heavy atom. The van der Waals surface area contributed by atoms with Crippen LogP contribution in [0.5, 0.6) is 0 Å². The van der Waals surface area contributed by atoms with E-state index in [0.29, 0.717) is 26.2 Å². The third-order valence-electron chi connectivity index (χ3n) is 6.04. The summed E-state index contributed by atoms with van der Waals surface area (Å²) >= 11 is 0. The minimum Gasteiger partial charge on any atom is -0.383 e. The lowest BCUT2D eigenvalue weighted by molar-refractivity contribution is -0.149. The molecule has 0 spiro atoms. The molecule has 2 aromatic rings. The second-order valence-corrected chi connectivity index (χ2v) is 7.98. The Kier molecular flexibility index (Phi) is 6.77. The number of hydrogen-bond donors (Lipinski definition) is 1. The van der Waals surface area contributed by atoms with E-state index in [-0.39, 0.29) is 23.8 Å². The van der Waals surface area contributed by atoms with Crippen molar-refractivity contribution < 1.29 is 18.7 Å². The SMILES string of the molecule is COCCN[C@@H]1CC[C@@H](C(=O)N2CCc3ccccc3[C@@H]2c2ccc(F)cc2)OC1. The molecular weight excluding hydrogens is 383 g/mol. The van der Waals surface area contributed by atoms with E-state index in [1.54, 1.807) is 19.2 Å². The number of rotatable bonds is 6. The first kappa shape index (κ1) is 21.0. The Labute approximate surface area is 177 Å². The molecule has 1 amide bonds. The Bertz CT molecular complexity index is 850. The summed E-state index contributed by atoms with van der Waals surface area (Å²) in [6.07, 6.45) is 1.97. The molecule has 6 heteroatoms. The highest BCUT2D eigenvalue weighted by Crippen LogP contribution is 2.36. The predicted octanol–water partition coefficient (Wildman–Crippen LogP) is 3.08. The second-order valence-electron chi connectivity index (χ2n) is 7.98. The molecule has 160 valence electrons. The standard InChI is InChI=1S/C24H29FN2O3/c1-29-15-13-26-20-10-11-22(30-16-20)24(28)27-14-12-17-4-2-3-5-21(17)23(27)18-6-8-19(25)9-7-18/h2-9,20,22-23,26H,10-16H2,1H3/t20-,22+,23+/m1/s1. The molecule has 0 aliphatic carbocycles. The highest BCUT2D eigenvalue weighted by atomic mass is 19.1. The van der Waals surface area contributed by atoms with Crippen molar-refractivity contribution in [2.75, 3.05) is 33.4 Å². The molecule has 2 aromatic carbocycles. The van der Waals surface area contributed by atoms with Crippen molar-refractivity contribution in [3.63, 3.8) is 0 Å². The maximum absolute atomic E-state index is 13.5. The number of carbonyl (C=O) groups excluding carboxylic acids is 1. The second kappa shape index (κ2) is 9.69. The molecule has 2 heterocycles. The predicted molar refractivity (Wildman–Crippen MR) is 113 cm³/mol.